The maximum Gasteiger partial charge on any atom is 0.276 e. The van der Waals surface area contributed by atoms with E-state index in [2.05, 4.69) is 15.3 Å². The summed E-state index contributed by atoms with van der Waals surface area (Å²) in [5.41, 5.74) is 0.236. The smallest absolute Gasteiger partial charge is 0.276 e. The minimum absolute atomic E-state index is 0.215. The molecule has 0 aliphatic carbocycles. The molecule has 0 spiro atoms. The molecular weight excluding hydrogens is 300 g/mol. The molecule has 1 saturated heterocycles. The SMILES string of the molecule is Cc1noc(C2CCCN2C(=O)c2cc(-c3ccco3)on2)n1. The van der Waals surface area contributed by atoms with Crippen molar-refractivity contribution in [3.05, 3.63) is 41.9 Å². The largest absolute Gasteiger partial charge is 0.461 e. The van der Waals surface area contributed by atoms with Crippen LogP contribution in [0.2, 0.25) is 0 Å². The average Bonchev–Trinajstić information content (AvgIpc) is 3.31. The number of aromatic nitrogens is 3. The summed E-state index contributed by atoms with van der Waals surface area (Å²) in [5, 5.41) is 7.65. The predicted molar refractivity (Wildman–Crippen MR) is 76.3 cm³/mol. The Morgan fingerprint density at radius 3 is 2.96 bits per heavy atom. The lowest BCUT2D eigenvalue weighted by Crippen LogP contribution is -2.31. The minimum Gasteiger partial charge on any atom is -0.461 e. The van der Waals surface area contributed by atoms with Gasteiger partial charge in [0, 0.05) is 12.6 Å². The van der Waals surface area contributed by atoms with E-state index in [0.29, 0.717) is 29.8 Å². The van der Waals surface area contributed by atoms with Crippen LogP contribution in [0.1, 0.15) is 41.1 Å². The molecule has 0 N–H and O–H groups in total. The van der Waals surface area contributed by atoms with Gasteiger partial charge in [-0.2, -0.15) is 4.98 Å². The van der Waals surface area contributed by atoms with Gasteiger partial charge in [0.2, 0.25) is 11.7 Å². The van der Waals surface area contributed by atoms with Crippen LogP contribution in [0.5, 0.6) is 0 Å². The number of amides is 1. The minimum atomic E-state index is -0.218. The molecular formula is C15H14N4O4. The first kappa shape index (κ1) is 13.7. The summed E-state index contributed by atoms with van der Waals surface area (Å²) in [6.07, 6.45) is 3.20. The maximum atomic E-state index is 12.7. The zero-order valence-corrected chi connectivity index (χ0v) is 12.4. The van der Waals surface area contributed by atoms with Crippen molar-refractivity contribution in [1.29, 1.82) is 0 Å². The lowest BCUT2D eigenvalue weighted by molar-refractivity contribution is 0.0699. The molecule has 0 saturated carbocycles. The van der Waals surface area contributed by atoms with E-state index in [1.54, 1.807) is 30.0 Å². The molecule has 23 heavy (non-hydrogen) atoms. The molecule has 1 fully saturated rings. The molecule has 0 aromatic carbocycles. The van der Waals surface area contributed by atoms with Gasteiger partial charge in [0.1, 0.15) is 6.04 Å². The van der Waals surface area contributed by atoms with E-state index in [0.717, 1.165) is 12.8 Å². The molecule has 1 aliphatic heterocycles. The van der Waals surface area contributed by atoms with Crippen LogP contribution in [0.3, 0.4) is 0 Å². The van der Waals surface area contributed by atoms with Crippen molar-refractivity contribution in [2.45, 2.75) is 25.8 Å². The molecule has 0 bridgehead atoms. The number of nitrogens with zero attached hydrogens (tertiary/aromatic N) is 4. The number of aryl methyl sites for hydroxylation is 1. The summed E-state index contributed by atoms with van der Waals surface area (Å²) in [7, 11) is 0. The van der Waals surface area contributed by atoms with Gasteiger partial charge in [-0.25, -0.2) is 0 Å². The highest BCUT2D eigenvalue weighted by Gasteiger charge is 2.35. The fourth-order valence-corrected chi connectivity index (χ4v) is 2.77. The Hall–Kier alpha value is -2.90. The van der Waals surface area contributed by atoms with Crippen molar-refractivity contribution >= 4 is 5.91 Å². The average molecular weight is 314 g/mol. The molecule has 4 rings (SSSR count). The van der Waals surface area contributed by atoms with E-state index in [-0.39, 0.29) is 17.6 Å². The molecule has 3 aromatic heterocycles. The Morgan fingerprint density at radius 2 is 2.22 bits per heavy atom. The number of rotatable bonds is 3. The number of likely N-dealkylation sites (tertiary alicyclic amines) is 1. The zero-order valence-electron chi connectivity index (χ0n) is 12.4. The quantitative estimate of drug-likeness (QED) is 0.732. The van der Waals surface area contributed by atoms with Crippen molar-refractivity contribution in [3.8, 4) is 11.5 Å². The molecule has 8 nitrogen and oxygen atoms in total. The standard InChI is InChI=1S/C15H14N4O4/c1-9-16-14(23-17-9)11-4-2-6-19(11)15(20)10-8-13(22-18-10)12-5-3-7-21-12/h3,5,7-8,11H,2,4,6H2,1H3. The zero-order chi connectivity index (χ0) is 15.8. The van der Waals surface area contributed by atoms with E-state index in [1.165, 1.54) is 6.26 Å². The van der Waals surface area contributed by atoms with E-state index < -0.39 is 0 Å². The van der Waals surface area contributed by atoms with Crippen molar-refractivity contribution < 1.29 is 18.3 Å². The van der Waals surface area contributed by atoms with Crippen molar-refractivity contribution in [2.75, 3.05) is 6.54 Å². The molecule has 118 valence electrons. The van der Waals surface area contributed by atoms with Gasteiger partial charge in [-0.1, -0.05) is 10.3 Å². The third-order valence-electron chi connectivity index (χ3n) is 3.84. The Morgan fingerprint density at radius 1 is 1.30 bits per heavy atom. The van der Waals surface area contributed by atoms with Crippen LogP contribution < -0.4 is 0 Å². The van der Waals surface area contributed by atoms with Crippen LogP contribution in [0, 0.1) is 6.92 Å². The Labute approximate surface area is 131 Å². The fourth-order valence-electron chi connectivity index (χ4n) is 2.77. The molecule has 0 radical (unpaired) electrons. The number of carbonyl (C=O) groups excluding carboxylic acids is 1. The second-order valence-corrected chi connectivity index (χ2v) is 5.39. The van der Waals surface area contributed by atoms with E-state index in [1.807, 2.05) is 0 Å². The van der Waals surface area contributed by atoms with Crippen molar-refractivity contribution in [1.82, 2.24) is 20.2 Å². The highest BCUT2D eigenvalue weighted by molar-refractivity contribution is 5.93. The van der Waals surface area contributed by atoms with Crippen molar-refractivity contribution in [2.24, 2.45) is 0 Å². The monoisotopic (exact) mass is 314 g/mol. The van der Waals surface area contributed by atoms with Crippen LogP contribution in [0.4, 0.5) is 0 Å². The third kappa shape index (κ3) is 2.41. The summed E-state index contributed by atoms with van der Waals surface area (Å²) in [6, 6.07) is 4.85. The molecule has 1 amide bonds. The lowest BCUT2D eigenvalue weighted by Gasteiger charge is -2.20. The molecule has 1 aliphatic rings. The fraction of sp³-hybridized carbons (Fsp3) is 0.333. The van der Waals surface area contributed by atoms with Crippen LogP contribution in [0.15, 0.2) is 37.9 Å². The Bertz CT molecular complexity index is 820. The van der Waals surface area contributed by atoms with E-state index in [4.69, 9.17) is 13.5 Å². The Balaban J connectivity index is 1.58. The normalized spacial score (nSPS) is 17.8. The first-order valence-corrected chi connectivity index (χ1v) is 7.34. The number of hydrogen-bond acceptors (Lipinski definition) is 7. The van der Waals surface area contributed by atoms with E-state index in [9.17, 15) is 4.79 Å². The van der Waals surface area contributed by atoms with Gasteiger partial charge < -0.3 is 18.4 Å². The Kier molecular flexibility index (Phi) is 3.22. The van der Waals surface area contributed by atoms with Gasteiger partial charge in [0.25, 0.3) is 5.91 Å². The number of hydrogen-bond donors (Lipinski definition) is 0. The number of furan rings is 1. The second-order valence-electron chi connectivity index (χ2n) is 5.39. The topological polar surface area (TPSA) is 98.4 Å². The highest BCUT2D eigenvalue weighted by Crippen LogP contribution is 2.32. The van der Waals surface area contributed by atoms with Crippen LogP contribution in [-0.2, 0) is 0 Å². The van der Waals surface area contributed by atoms with Gasteiger partial charge in [-0.15, -0.1) is 0 Å². The van der Waals surface area contributed by atoms with Crippen LogP contribution in [-0.4, -0.2) is 32.6 Å². The van der Waals surface area contributed by atoms with Gasteiger partial charge in [-0.3, -0.25) is 4.79 Å². The first-order valence-electron chi connectivity index (χ1n) is 7.34. The van der Waals surface area contributed by atoms with Crippen LogP contribution in [0.25, 0.3) is 11.5 Å². The third-order valence-corrected chi connectivity index (χ3v) is 3.84. The summed E-state index contributed by atoms with van der Waals surface area (Å²) in [4.78, 5) is 18.6. The molecule has 1 atom stereocenters. The molecule has 1 unspecified atom stereocenters. The van der Waals surface area contributed by atoms with Crippen LogP contribution >= 0.6 is 0 Å². The maximum absolute atomic E-state index is 12.7. The predicted octanol–water partition coefficient (Wildman–Crippen LogP) is 2.60. The first-order chi connectivity index (χ1) is 11.2. The molecule has 8 heteroatoms. The summed E-state index contributed by atoms with van der Waals surface area (Å²) in [6.45, 7) is 2.37. The van der Waals surface area contributed by atoms with Gasteiger partial charge in [-0.05, 0) is 31.9 Å². The lowest BCUT2D eigenvalue weighted by atomic mass is 10.2. The van der Waals surface area contributed by atoms with Gasteiger partial charge in [0.05, 0.1) is 6.26 Å². The highest BCUT2D eigenvalue weighted by atomic mass is 16.5. The summed E-state index contributed by atoms with van der Waals surface area (Å²) >= 11 is 0. The second kappa shape index (κ2) is 5.38. The number of carbonyl (C=O) groups is 1. The van der Waals surface area contributed by atoms with Gasteiger partial charge >= 0.3 is 0 Å². The van der Waals surface area contributed by atoms with Crippen molar-refractivity contribution in [3.63, 3.8) is 0 Å². The summed E-state index contributed by atoms with van der Waals surface area (Å²) in [5.74, 6) is 1.75. The van der Waals surface area contributed by atoms with Gasteiger partial charge in [0.15, 0.2) is 17.3 Å². The molecule has 4 heterocycles. The molecule has 3 aromatic rings. The summed E-state index contributed by atoms with van der Waals surface area (Å²) < 4.78 is 15.6. The van der Waals surface area contributed by atoms with E-state index >= 15 is 0 Å².